The maximum Gasteiger partial charge on any atom is 0.211 e. The molecule has 0 saturated carbocycles. The molecule has 0 aromatic heterocycles. The van der Waals surface area contributed by atoms with E-state index in [1.54, 1.807) is 0 Å². The Morgan fingerprint density at radius 2 is 2.64 bits per heavy atom. The number of nitrogens with zero attached hydrogens (tertiary/aromatic N) is 1. The molecule has 0 radical (unpaired) electrons. The number of rotatable bonds is 2. The fourth-order valence-corrected chi connectivity index (χ4v) is 3.98. The summed E-state index contributed by atoms with van der Waals surface area (Å²) in [5, 5.41) is 4.64. The van der Waals surface area contributed by atoms with Gasteiger partial charge in [0.25, 0.3) is 0 Å². The van der Waals surface area contributed by atoms with Crippen molar-refractivity contribution in [3.05, 3.63) is 35.4 Å². The van der Waals surface area contributed by atoms with E-state index in [0.717, 1.165) is 12.2 Å². The van der Waals surface area contributed by atoms with Crippen LogP contribution in [0.2, 0.25) is 0 Å². The van der Waals surface area contributed by atoms with Crippen molar-refractivity contribution in [2.24, 2.45) is 5.89 Å². The number of methoxy groups -OCH3 is 1. The summed E-state index contributed by atoms with van der Waals surface area (Å²) >= 11 is 0. The van der Waals surface area contributed by atoms with Crippen LogP contribution in [0.15, 0.2) is 24.2 Å². The van der Waals surface area contributed by atoms with Crippen LogP contribution in [0, 0.1) is 5.89 Å². The molecule has 22 heavy (non-hydrogen) atoms. The molecule has 1 fully saturated rings. The molecule has 4 aliphatic rings. The lowest BCUT2D eigenvalue weighted by Crippen LogP contribution is -2.64. The summed E-state index contributed by atoms with van der Waals surface area (Å²) in [6, 6.07) is -4.66. The molecule has 1 saturated heterocycles. The molecule has 116 valence electrons. The summed E-state index contributed by atoms with van der Waals surface area (Å²) in [5.41, 5.74) is -2.77. The zero-order valence-corrected chi connectivity index (χ0v) is 11.3. The molecular formula is C18H21NO3. The maximum atomic E-state index is 9.52. The van der Waals surface area contributed by atoms with Crippen molar-refractivity contribution >= 4 is 0 Å². The highest BCUT2D eigenvalue weighted by molar-refractivity contribution is 5.62. The van der Waals surface area contributed by atoms with Gasteiger partial charge in [-0.05, 0) is 37.9 Å². The van der Waals surface area contributed by atoms with Gasteiger partial charge in [0.1, 0.15) is 12.2 Å². The minimum Gasteiger partial charge on any atom is -0.493 e. The summed E-state index contributed by atoms with van der Waals surface area (Å²) in [7, 11) is -3.11. The van der Waals surface area contributed by atoms with Gasteiger partial charge in [0.05, 0.1) is 15.3 Å². The highest BCUT2D eigenvalue weighted by Crippen LogP contribution is 2.62. The number of aliphatic hydroxyl groups is 1. The van der Waals surface area contributed by atoms with Gasteiger partial charge in [-0.25, -0.2) is 0 Å². The molecule has 4 nitrogen and oxygen atoms in total. The third-order valence-electron chi connectivity index (χ3n) is 4.87. The lowest BCUT2D eigenvalue weighted by atomic mass is 9.53. The quantitative estimate of drug-likeness (QED) is 0.840. The van der Waals surface area contributed by atoms with E-state index < -0.39 is 85.6 Å². The summed E-state index contributed by atoms with van der Waals surface area (Å²) in [5.74, 6) is -3.70. The van der Waals surface area contributed by atoms with Gasteiger partial charge in [-0.3, -0.25) is 0 Å². The van der Waals surface area contributed by atoms with Crippen molar-refractivity contribution in [3.63, 3.8) is 0 Å². The van der Waals surface area contributed by atoms with Crippen molar-refractivity contribution in [1.82, 2.24) is 4.90 Å². The summed E-state index contributed by atoms with van der Waals surface area (Å²) in [6.07, 6.45) is -5.47. The van der Waals surface area contributed by atoms with E-state index in [2.05, 4.69) is 5.11 Å². The van der Waals surface area contributed by atoms with Crippen LogP contribution in [0.5, 0.6) is 11.5 Å². The second-order valence-corrected chi connectivity index (χ2v) is 5.75. The molecule has 2 unspecified atom stereocenters. The van der Waals surface area contributed by atoms with Gasteiger partial charge in [-0.15, -0.1) is 0 Å². The molecule has 0 amide bonds. The van der Waals surface area contributed by atoms with Crippen LogP contribution in [-0.2, 0) is 11.8 Å². The lowest BCUT2D eigenvalue weighted by Gasteiger charge is -2.56. The molecule has 2 bridgehead atoms. The number of likely N-dealkylation sites (N-methyl/N-ethyl adjacent to an activating group) is 1. The van der Waals surface area contributed by atoms with Crippen LogP contribution in [0.4, 0.5) is 0 Å². The van der Waals surface area contributed by atoms with E-state index in [1.807, 2.05) is 0 Å². The molecule has 5 atom stereocenters. The van der Waals surface area contributed by atoms with Gasteiger partial charge in [0.15, 0.2) is 11.5 Å². The lowest BCUT2D eigenvalue weighted by molar-refractivity contribution is -0.0453. The molecule has 4 heteroatoms. The molecule has 2 aliphatic heterocycles. The Labute approximate surface area is 150 Å². The van der Waals surface area contributed by atoms with E-state index in [9.17, 15) is 2.74 Å². The Hall–Kier alpha value is -1.52. The maximum absolute atomic E-state index is 9.52. The molecule has 1 N–H and O–H groups in total. The average Bonchev–Trinajstić information content (AvgIpc) is 3.08. The van der Waals surface area contributed by atoms with Gasteiger partial charge in [-0.1, -0.05) is 18.2 Å². The van der Waals surface area contributed by atoms with Crippen LogP contribution >= 0.6 is 0 Å². The highest BCUT2D eigenvalue weighted by Gasteiger charge is 2.64. The Morgan fingerprint density at radius 3 is 3.50 bits per heavy atom. The number of ether oxygens (including phenoxy) is 2. The third kappa shape index (κ3) is 1.28. The Morgan fingerprint density at radius 1 is 1.64 bits per heavy atom. The SMILES string of the molecule is [2H]OC1([2H])C=C[C@]2([2H])[C@@]34CCN(C([2H])([2H])[2H])[C@]2([2H])C([2H])([2H])c2c([2H])c([2H])c(OC([2H])([2H])[2H])c(c23)OC14. The van der Waals surface area contributed by atoms with Crippen LogP contribution in [0.1, 0.15) is 35.4 Å². The molecule has 5 rings (SSSR count). The van der Waals surface area contributed by atoms with Crippen LogP contribution < -0.4 is 9.47 Å². The van der Waals surface area contributed by atoms with E-state index >= 15 is 0 Å². The first kappa shape index (κ1) is 5.25. The zero-order valence-electron chi connectivity index (χ0n) is 25.3. The summed E-state index contributed by atoms with van der Waals surface area (Å²) in [4.78, 5) is 0.564. The van der Waals surface area contributed by atoms with E-state index in [4.69, 9.17) is 26.0 Å². The van der Waals surface area contributed by atoms with Crippen molar-refractivity contribution in [2.45, 2.75) is 36.4 Å². The minimum absolute atomic E-state index is 0.237. The zero-order chi connectivity index (χ0) is 27.1. The molecule has 1 spiro atoms. The van der Waals surface area contributed by atoms with Crippen LogP contribution in [-0.4, -0.2) is 50.2 Å². The summed E-state index contributed by atoms with van der Waals surface area (Å²) < 4.78 is 128. The van der Waals surface area contributed by atoms with Crippen molar-refractivity contribution in [3.8, 4) is 11.5 Å². The van der Waals surface area contributed by atoms with E-state index in [0.29, 0.717) is 4.90 Å². The minimum atomic E-state index is -3.11. The van der Waals surface area contributed by atoms with Gasteiger partial charge in [0.2, 0.25) is 1.43 Å². The van der Waals surface area contributed by atoms with Crippen molar-refractivity contribution in [2.75, 3.05) is 20.6 Å². The number of hydrogen-bond acceptors (Lipinski definition) is 4. The van der Waals surface area contributed by atoms with Gasteiger partial charge in [-0.2, -0.15) is 0 Å². The Kier molecular flexibility index (Phi) is 0.969. The van der Waals surface area contributed by atoms with Gasteiger partial charge >= 0.3 is 0 Å². The first-order valence-electron chi connectivity index (χ1n) is 13.8. The molecular weight excluding hydrogens is 278 g/mol. The number of likely N-dealkylation sites (tertiary alicyclic amines) is 1. The second kappa shape index (κ2) is 4.06. The number of piperidine rings is 1. The fourth-order valence-electron chi connectivity index (χ4n) is 3.98. The largest absolute Gasteiger partial charge is 0.493 e. The van der Waals surface area contributed by atoms with E-state index in [1.165, 1.54) is 0 Å². The smallest absolute Gasteiger partial charge is 0.211 e. The second-order valence-electron chi connectivity index (χ2n) is 5.75. The first-order valence-corrected chi connectivity index (χ1v) is 6.91. The fraction of sp³-hybridized carbons (Fsp3) is 0.556. The first-order chi connectivity index (χ1) is 16.2. The van der Waals surface area contributed by atoms with Crippen LogP contribution in [0.3, 0.4) is 0 Å². The van der Waals surface area contributed by atoms with Gasteiger partial charge in [0, 0.05) is 32.5 Å². The van der Waals surface area contributed by atoms with Crippen molar-refractivity contribution in [1.29, 1.82) is 1.43 Å². The third-order valence-corrected chi connectivity index (χ3v) is 4.87. The molecule has 2 heterocycles. The monoisotopic (exact) mass is 313 g/mol. The normalized spacial score (nSPS) is 63.7. The predicted octanol–water partition coefficient (Wildman–Crippen LogP) is 1.50. The molecule has 2 aliphatic carbocycles. The standard InChI is InChI=1S/C18H21NO3/c1-19-8-7-18-11-4-5-13(20)17(18)22-16-14(21-2)6-3-10(15(16)18)9-12(11)19/h3-6,11-13,17,20H,7-9H2,1-2H3/t11-,12+,13?,17?,18-/m0/s1/i1D3,2D3,3D,6D,9D2,11D,12D,13D,20D. The number of hydrogen-bond donors (Lipinski definition) is 1. The topological polar surface area (TPSA) is 41.9 Å². The van der Waals surface area contributed by atoms with Gasteiger partial charge < -0.3 is 19.5 Å². The highest BCUT2D eigenvalue weighted by atomic mass is 16.5. The molecule has 1 aromatic rings. The summed E-state index contributed by atoms with van der Waals surface area (Å²) in [6.45, 7) is -3.49. The average molecular weight is 313 g/mol. The number of benzene rings is 1. The molecule has 1 aromatic carbocycles. The Bertz CT molecular complexity index is 1200. The van der Waals surface area contributed by atoms with E-state index in [-0.39, 0.29) is 12.0 Å². The van der Waals surface area contributed by atoms with Crippen LogP contribution in [0.25, 0.3) is 0 Å². The Balaban J connectivity index is 1.98. The predicted molar refractivity (Wildman–Crippen MR) is 82.5 cm³/mol. The van der Waals surface area contributed by atoms with Crippen molar-refractivity contribution < 1.29 is 32.4 Å².